The van der Waals surface area contributed by atoms with Gasteiger partial charge in [-0.2, -0.15) is 4.31 Å². The maximum atomic E-state index is 12.7. The molecule has 0 bridgehead atoms. The first-order chi connectivity index (χ1) is 11.5. The van der Waals surface area contributed by atoms with Gasteiger partial charge in [0.25, 0.3) is 5.91 Å². The third kappa shape index (κ3) is 3.81. The molecule has 1 aromatic carbocycles. The molecule has 24 heavy (non-hydrogen) atoms. The first kappa shape index (κ1) is 17.4. The largest absolute Gasteiger partial charge is 0.349 e. The molecule has 1 aromatic rings. The number of amides is 1. The van der Waals surface area contributed by atoms with Gasteiger partial charge in [-0.3, -0.25) is 4.79 Å². The lowest BCUT2D eigenvalue weighted by molar-refractivity contribution is 0.0937. The SMILES string of the molecule is CC1CCN(S(=O)(=O)c2ccc(C(=O)NC3CCCC3)cc2)CC1. The number of benzene rings is 1. The van der Waals surface area contributed by atoms with E-state index in [-0.39, 0.29) is 16.8 Å². The van der Waals surface area contributed by atoms with Gasteiger partial charge in [-0.25, -0.2) is 8.42 Å². The molecule has 1 amide bonds. The van der Waals surface area contributed by atoms with Crippen molar-refractivity contribution < 1.29 is 13.2 Å². The number of piperidine rings is 1. The average molecular weight is 350 g/mol. The Hall–Kier alpha value is -1.40. The fraction of sp³-hybridized carbons (Fsp3) is 0.611. The summed E-state index contributed by atoms with van der Waals surface area (Å²) in [5.41, 5.74) is 0.521. The summed E-state index contributed by atoms with van der Waals surface area (Å²) < 4.78 is 26.9. The monoisotopic (exact) mass is 350 g/mol. The molecule has 1 N–H and O–H groups in total. The quantitative estimate of drug-likeness (QED) is 0.908. The van der Waals surface area contributed by atoms with Crippen molar-refractivity contribution in [2.75, 3.05) is 13.1 Å². The van der Waals surface area contributed by atoms with E-state index in [1.807, 2.05) is 0 Å². The smallest absolute Gasteiger partial charge is 0.251 e. The molecule has 5 nitrogen and oxygen atoms in total. The predicted molar refractivity (Wildman–Crippen MR) is 93.3 cm³/mol. The van der Waals surface area contributed by atoms with E-state index in [9.17, 15) is 13.2 Å². The van der Waals surface area contributed by atoms with Crippen LogP contribution in [-0.4, -0.2) is 37.8 Å². The number of nitrogens with zero attached hydrogens (tertiary/aromatic N) is 1. The lowest BCUT2D eigenvalue weighted by atomic mass is 10.0. The molecule has 6 heteroatoms. The Morgan fingerprint density at radius 2 is 1.62 bits per heavy atom. The second-order valence-corrected chi connectivity index (χ2v) is 9.00. The van der Waals surface area contributed by atoms with E-state index < -0.39 is 10.0 Å². The lowest BCUT2D eigenvalue weighted by Gasteiger charge is -2.29. The first-order valence-electron chi connectivity index (χ1n) is 8.88. The summed E-state index contributed by atoms with van der Waals surface area (Å²) in [5.74, 6) is 0.468. The second-order valence-electron chi connectivity index (χ2n) is 7.07. The highest BCUT2D eigenvalue weighted by Crippen LogP contribution is 2.24. The number of hydrogen-bond acceptors (Lipinski definition) is 3. The molecular formula is C18H26N2O3S. The Bertz CT molecular complexity index is 671. The molecule has 0 spiro atoms. The Morgan fingerprint density at radius 1 is 1.04 bits per heavy atom. The predicted octanol–water partition coefficient (Wildman–Crippen LogP) is 2.78. The highest BCUT2D eigenvalue weighted by Gasteiger charge is 2.28. The van der Waals surface area contributed by atoms with E-state index in [1.165, 1.54) is 0 Å². The van der Waals surface area contributed by atoms with Gasteiger partial charge in [0.2, 0.25) is 10.0 Å². The molecule has 0 unspecified atom stereocenters. The van der Waals surface area contributed by atoms with Crippen molar-refractivity contribution in [3.8, 4) is 0 Å². The van der Waals surface area contributed by atoms with Crippen LogP contribution in [0.25, 0.3) is 0 Å². The van der Waals surface area contributed by atoms with Crippen molar-refractivity contribution in [1.29, 1.82) is 0 Å². The van der Waals surface area contributed by atoms with Crippen molar-refractivity contribution in [3.05, 3.63) is 29.8 Å². The zero-order valence-corrected chi connectivity index (χ0v) is 15.0. The maximum Gasteiger partial charge on any atom is 0.251 e. The minimum Gasteiger partial charge on any atom is -0.349 e. The van der Waals surface area contributed by atoms with E-state index in [0.717, 1.165) is 38.5 Å². The van der Waals surface area contributed by atoms with Crippen molar-refractivity contribution in [2.45, 2.75) is 56.4 Å². The average Bonchev–Trinajstić information content (AvgIpc) is 3.08. The molecular weight excluding hydrogens is 324 g/mol. The zero-order chi connectivity index (χ0) is 17.2. The van der Waals surface area contributed by atoms with Crippen molar-refractivity contribution in [3.63, 3.8) is 0 Å². The van der Waals surface area contributed by atoms with Gasteiger partial charge in [-0.15, -0.1) is 0 Å². The van der Waals surface area contributed by atoms with E-state index in [4.69, 9.17) is 0 Å². The Morgan fingerprint density at radius 3 is 2.21 bits per heavy atom. The summed E-state index contributed by atoms with van der Waals surface area (Å²) in [6.45, 7) is 3.31. The van der Waals surface area contributed by atoms with Gasteiger partial charge in [0, 0.05) is 24.7 Å². The summed E-state index contributed by atoms with van der Waals surface area (Å²) >= 11 is 0. The van der Waals surface area contributed by atoms with Crippen molar-refractivity contribution in [1.82, 2.24) is 9.62 Å². The molecule has 1 aliphatic heterocycles. The van der Waals surface area contributed by atoms with E-state index >= 15 is 0 Å². The van der Waals surface area contributed by atoms with Gasteiger partial charge in [-0.1, -0.05) is 19.8 Å². The standard InChI is InChI=1S/C18H26N2O3S/c1-14-10-12-20(13-11-14)24(22,23)17-8-6-15(7-9-17)18(21)19-16-4-2-3-5-16/h6-9,14,16H,2-5,10-13H2,1H3,(H,19,21). The fourth-order valence-electron chi connectivity index (χ4n) is 3.49. The normalized spacial score (nSPS) is 21.0. The van der Waals surface area contributed by atoms with Crippen LogP contribution < -0.4 is 5.32 Å². The van der Waals surface area contributed by atoms with Crippen LogP contribution in [0.2, 0.25) is 0 Å². The summed E-state index contributed by atoms with van der Waals surface area (Å²) in [6.07, 6.45) is 6.20. The highest BCUT2D eigenvalue weighted by atomic mass is 32.2. The molecule has 0 radical (unpaired) electrons. The highest BCUT2D eigenvalue weighted by molar-refractivity contribution is 7.89. The lowest BCUT2D eigenvalue weighted by Crippen LogP contribution is -2.37. The summed E-state index contributed by atoms with van der Waals surface area (Å²) in [6, 6.07) is 6.60. The number of sulfonamides is 1. The molecule has 0 atom stereocenters. The van der Waals surface area contributed by atoms with Crippen LogP contribution in [0.15, 0.2) is 29.2 Å². The zero-order valence-electron chi connectivity index (χ0n) is 14.2. The Kier molecular flexibility index (Phi) is 5.25. The summed E-state index contributed by atoms with van der Waals surface area (Å²) in [4.78, 5) is 12.5. The van der Waals surface area contributed by atoms with Crippen LogP contribution in [0, 0.1) is 5.92 Å². The molecule has 1 saturated heterocycles. The van der Waals surface area contributed by atoms with Crippen molar-refractivity contribution in [2.24, 2.45) is 5.92 Å². The van der Waals surface area contributed by atoms with Crippen LogP contribution in [-0.2, 0) is 10.0 Å². The number of carbonyl (C=O) groups is 1. The summed E-state index contributed by atoms with van der Waals surface area (Å²) in [7, 11) is -3.45. The van der Waals surface area contributed by atoms with Crippen LogP contribution in [0.5, 0.6) is 0 Å². The summed E-state index contributed by atoms with van der Waals surface area (Å²) in [5, 5.41) is 3.02. The molecule has 0 aromatic heterocycles. The number of hydrogen-bond donors (Lipinski definition) is 1. The molecule has 2 aliphatic rings. The molecule has 132 valence electrons. The topological polar surface area (TPSA) is 66.5 Å². The van der Waals surface area contributed by atoms with Gasteiger partial charge >= 0.3 is 0 Å². The first-order valence-corrected chi connectivity index (χ1v) is 10.3. The second kappa shape index (κ2) is 7.23. The molecule has 1 aliphatic carbocycles. The Balaban J connectivity index is 1.68. The third-order valence-corrected chi connectivity index (χ3v) is 7.10. The van der Waals surface area contributed by atoms with Crippen LogP contribution in [0.4, 0.5) is 0 Å². The number of carbonyl (C=O) groups excluding carboxylic acids is 1. The molecule has 1 heterocycles. The minimum absolute atomic E-state index is 0.113. The van der Waals surface area contributed by atoms with Gasteiger partial charge in [0.1, 0.15) is 0 Å². The van der Waals surface area contributed by atoms with E-state index in [2.05, 4.69) is 12.2 Å². The van der Waals surface area contributed by atoms with Gasteiger partial charge in [-0.05, 0) is 55.9 Å². The van der Waals surface area contributed by atoms with Crippen molar-refractivity contribution >= 4 is 15.9 Å². The minimum atomic E-state index is -3.45. The van der Waals surface area contributed by atoms with Gasteiger partial charge in [0.05, 0.1) is 4.90 Å². The van der Waals surface area contributed by atoms with Gasteiger partial charge in [0.15, 0.2) is 0 Å². The molecule has 2 fully saturated rings. The number of rotatable bonds is 4. The van der Waals surface area contributed by atoms with Crippen LogP contribution >= 0.6 is 0 Å². The maximum absolute atomic E-state index is 12.7. The van der Waals surface area contributed by atoms with Gasteiger partial charge < -0.3 is 5.32 Å². The Labute approximate surface area is 144 Å². The molecule has 3 rings (SSSR count). The van der Waals surface area contributed by atoms with E-state index in [0.29, 0.717) is 24.6 Å². The van der Waals surface area contributed by atoms with Crippen LogP contribution in [0.1, 0.15) is 55.8 Å². The fourth-order valence-corrected chi connectivity index (χ4v) is 4.96. The van der Waals surface area contributed by atoms with E-state index in [1.54, 1.807) is 28.6 Å². The van der Waals surface area contributed by atoms with Crippen LogP contribution in [0.3, 0.4) is 0 Å². The third-order valence-electron chi connectivity index (χ3n) is 5.19. The molecule has 1 saturated carbocycles. The number of nitrogens with one attached hydrogen (secondary N) is 1.